The monoisotopic (exact) mass is 346 g/mol. The van der Waals surface area contributed by atoms with E-state index < -0.39 is 5.82 Å². The van der Waals surface area contributed by atoms with E-state index in [2.05, 4.69) is 30.9 Å². The summed E-state index contributed by atoms with van der Waals surface area (Å²) in [5.74, 6) is 0.171. The van der Waals surface area contributed by atoms with Gasteiger partial charge in [-0.3, -0.25) is 0 Å². The summed E-state index contributed by atoms with van der Waals surface area (Å²) in [5.41, 5.74) is 9.96. The van der Waals surface area contributed by atoms with E-state index in [1.54, 1.807) is 0 Å². The number of allylic oxidation sites excluding steroid dienone is 1. The Balaban J connectivity index is 1.87. The topological polar surface area (TPSA) is 64.7 Å². The van der Waals surface area contributed by atoms with E-state index in [1.807, 2.05) is 12.1 Å². The van der Waals surface area contributed by atoms with Gasteiger partial charge in [0.25, 0.3) is 0 Å². The summed E-state index contributed by atoms with van der Waals surface area (Å²) in [7, 11) is 0. The molecule has 21 heavy (non-hydrogen) atoms. The van der Waals surface area contributed by atoms with Gasteiger partial charge < -0.3 is 5.73 Å². The van der Waals surface area contributed by atoms with Gasteiger partial charge in [0.15, 0.2) is 5.82 Å². The molecule has 0 spiro atoms. The molecular weight excluding hydrogens is 335 g/mol. The van der Waals surface area contributed by atoms with E-state index in [1.165, 1.54) is 18.4 Å². The molecule has 106 valence electrons. The molecule has 0 aliphatic heterocycles. The Hall–Kier alpha value is -1.82. The zero-order valence-corrected chi connectivity index (χ0v) is 12.7. The van der Waals surface area contributed by atoms with Crippen LogP contribution < -0.4 is 5.73 Å². The van der Waals surface area contributed by atoms with Crippen molar-refractivity contribution in [2.75, 3.05) is 5.73 Å². The minimum absolute atomic E-state index is 0.0799. The maximum absolute atomic E-state index is 14.0. The smallest absolute Gasteiger partial charge is 0.220 e. The molecule has 2 N–H and O–H groups in total. The van der Waals surface area contributed by atoms with Gasteiger partial charge in [0.05, 0.1) is 6.20 Å². The number of nitrogens with two attached hydrogens (primary N) is 1. The quantitative estimate of drug-likeness (QED) is 0.848. The van der Waals surface area contributed by atoms with Crippen LogP contribution in [0.5, 0.6) is 0 Å². The van der Waals surface area contributed by atoms with Gasteiger partial charge in [-0.15, -0.1) is 0 Å². The molecule has 2 aromatic heterocycles. The summed E-state index contributed by atoms with van der Waals surface area (Å²) >= 11 is 3.46. The molecule has 2 aliphatic carbocycles. The first-order valence-electron chi connectivity index (χ1n) is 6.81. The minimum Gasteiger partial charge on any atom is -0.368 e. The van der Waals surface area contributed by atoms with Gasteiger partial charge in [-0.25, -0.2) is 19.3 Å². The maximum atomic E-state index is 14.0. The van der Waals surface area contributed by atoms with Gasteiger partial charge in [0.1, 0.15) is 10.3 Å². The fourth-order valence-electron chi connectivity index (χ4n) is 2.82. The predicted octanol–water partition coefficient (Wildman–Crippen LogP) is 3.22. The van der Waals surface area contributed by atoms with Crippen LogP contribution in [0.4, 0.5) is 10.3 Å². The van der Waals surface area contributed by atoms with Crippen LogP contribution in [0.3, 0.4) is 0 Å². The van der Waals surface area contributed by atoms with Crippen molar-refractivity contribution in [3.63, 3.8) is 0 Å². The van der Waals surface area contributed by atoms with Crippen LogP contribution in [-0.2, 0) is 6.42 Å². The highest BCUT2D eigenvalue weighted by atomic mass is 79.9. The maximum Gasteiger partial charge on any atom is 0.220 e. The Bertz CT molecular complexity index is 783. The average Bonchev–Trinajstić information content (AvgIpc) is 3.21. The lowest BCUT2D eigenvalue weighted by molar-refractivity contribution is 0.610. The fraction of sp³-hybridized carbons (Fsp3) is 0.267. The van der Waals surface area contributed by atoms with Crippen molar-refractivity contribution in [3.8, 4) is 0 Å². The van der Waals surface area contributed by atoms with E-state index in [9.17, 15) is 4.39 Å². The van der Waals surface area contributed by atoms with Gasteiger partial charge in [-0.1, -0.05) is 6.08 Å². The van der Waals surface area contributed by atoms with Crippen LogP contribution in [-0.4, -0.2) is 15.0 Å². The highest BCUT2D eigenvalue weighted by Gasteiger charge is 2.32. The second kappa shape index (κ2) is 4.59. The second-order valence-corrected chi connectivity index (χ2v) is 6.19. The van der Waals surface area contributed by atoms with Crippen molar-refractivity contribution >= 4 is 27.5 Å². The third kappa shape index (κ3) is 2.14. The Morgan fingerprint density at radius 3 is 2.86 bits per heavy atom. The molecule has 2 heterocycles. The molecule has 2 aliphatic rings. The van der Waals surface area contributed by atoms with Gasteiger partial charge in [-0.05, 0) is 52.4 Å². The van der Waals surface area contributed by atoms with Crippen LogP contribution in [0.1, 0.15) is 41.3 Å². The highest BCUT2D eigenvalue weighted by Crippen LogP contribution is 2.45. The third-order valence-electron chi connectivity index (χ3n) is 3.91. The van der Waals surface area contributed by atoms with Crippen LogP contribution in [0.2, 0.25) is 0 Å². The number of hydrogen-bond donors (Lipinski definition) is 1. The molecule has 0 aromatic carbocycles. The van der Waals surface area contributed by atoms with Crippen LogP contribution in [0, 0.1) is 5.82 Å². The molecule has 1 saturated carbocycles. The lowest BCUT2D eigenvalue weighted by atomic mass is 10.0. The van der Waals surface area contributed by atoms with Crippen molar-refractivity contribution in [2.24, 2.45) is 0 Å². The summed E-state index contributed by atoms with van der Waals surface area (Å²) in [6.45, 7) is 0. The first-order chi connectivity index (χ1) is 10.1. The first kappa shape index (κ1) is 12.9. The summed E-state index contributed by atoms with van der Waals surface area (Å²) < 4.78 is 14.8. The number of pyridine rings is 1. The number of nitrogens with zero attached hydrogens (tertiary/aromatic N) is 3. The standard InChI is InChI=1S/C15H12BrFN4/c16-12-5-10-8(13(20-12)7-1-2-7)3-4-9(10)14-11(17)6-19-15(18)21-14/h4-7H,1-3H2,(H2,18,19,21). The number of fused-ring (bicyclic) bond motifs is 1. The first-order valence-corrected chi connectivity index (χ1v) is 7.61. The van der Waals surface area contributed by atoms with Gasteiger partial charge in [0.2, 0.25) is 5.95 Å². The average molecular weight is 347 g/mol. The van der Waals surface area contributed by atoms with Crippen LogP contribution in [0.25, 0.3) is 5.57 Å². The summed E-state index contributed by atoms with van der Waals surface area (Å²) in [6.07, 6.45) is 6.24. The summed E-state index contributed by atoms with van der Waals surface area (Å²) in [4.78, 5) is 12.4. The van der Waals surface area contributed by atoms with Crippen molar-refractivity contribution in [2.45, 2.75) is 25.2 Å². The zero-order chi connectivity index (χ0) is 14.6. The molecule has 6 heteroatoms. The van der Waals surface area contributed by atoms with E-state index >= 15 is 0 Å². The van der Waals surface area contributed by atoms with E-state index in [-0.39, 0.29) is 11.6 Å². The molecule has 0 radical (unpaired) electrons. The largest absolute Gasteiger partial charge is 0.368 e. The number of hydrogen-bond acceptors (Lipinski definition) is 4. The molecule has 1 fully saturated rings. The lowest BCUT2D eigenvalue weighted by Gasteiger charge is -2.11. The number of rotatable bonds is 2. The molecular formula is C15H12BrFN4. The number of halogens is 2. The molecule has 0 bridgehead atoms. The summed E-state index contributed by atoms with van der Waals surface area (Å²) in [5, 5.41) is 0. The molecule has 4 rings (SSSR count). The van der Waals surface area contributed by atoms with Crippen molar-refractivity contribution in [1.82, 2.24) is 15.0 Å². The third-order valence-corrected chi connectivity index (χ3v) is 4.31. The number of nitrogen functional groups attached to an aromatic ring is 1. The number of anilines is 1. The van der Waals surface area contributed by atoms with Crippen molar-refractivity contribution in [3.05, 3.63) is 51.3 Å². The second-order valence-electron chi connectivity index (χ2n) is 5.38. The fourth-order valence-corrected chi connectivity index (χ4v) is 3.24. The highest BCUT2D eigenvalue weighted by molar-refractivity contribution is 9.10. The van der Waals surface area contributed by atoms with Crippen molar-refractivity contribution < 1.29 is 4.39 Å². The van der Waals surface area contributed by atoms with E-state index in [0.29, 0.717) is 5.92 Å². The van der Waals surface area contributed by atoms with Crippen LogP contribution >= 0.6 is 15.9 Å². The van der Waals surface area contributed by atoms with Crippen molar-refractivity contribution in [1.29, 1.82) is 0 Å². The lowest BCUT2D eigenvalue weighted by Crippen LogP contribution is -2.03. The molecule has 0 unspecified atom stereocenters. The predicted molar refractivity (Wildman–Crippen MR) is 81.1 cm³/mol. The Kier molecular flexibility index (Phi) is 2.82. The SMILES string of the molecule is Nc1ncc(F)c(C2=CCc3c2cc(Br)nc3C2CC2)n1. The Morgan fingerprint density at radius 1 is 1.29 bits per heavy atom. The molecule has 0 atom stereocenters. The molecule has 2 aromatic rings. The Morgan fingerprint density at radius 2 is 2.10 bits per heavy atom. The van der Waals surface area contributed by atoms with Gasteiger partial charge in [0, 0.05) is 17.2 Å². The van der Waals surface area contributed by atoms with E-state index in [0.717, 1.165) is 34.1 Å². The van der Waals surface area contributed by atoms with Gasteiger partial charge in [-0.2, -0.15) is 0 Å². The molecule has 0 amide bonds. The van der Waals surface area contributed by atoms with Crippen LogP contribution in [0.15, 0.2) is 22.9 Å². The summed E-state index contributed by atoms with van der Waals surface area (Å²) in [6, 6.07) is 1.93. The molecule has 4 nitrogen and oxygen atoms in total. The zero-order valence-electron chi connectivity index (χ0n) is 11.1. The normalized spacial score (nSPS) is 16.8. The Labute approximate surface area is 129 Å². The minimum atomic E-state index is -0.454. The molecule has 0 saturated heterocycles. The van der Waals surface area contributed by atoms with E-state index in [4.69, 9.17) is 5.73 Å². The van der Waals surface area contributed by atoms with Gasteiger partial charge >= 0.3 is 0 Å². The number of aromatic nitrogens is 3.